The second-order valence-corrected chi connectivity index (χ2v) is 6.42. The molecule has 0 heterocycles. The Hall–Kier alpha value is -2.41. The monoisotopic (exact) mass is 308 g/mol. The molecule has 110 valence electrons. The SMILES string of the molecule is CS(=O)(=O)c1ccc(Oc2ccc(C(=N)N)cc2F)cc1. The van der Waals surface area contributed by atoms with E-state index in [9.17, 15) is 12.8 Å². The molecular weight excluding hydrogens is 295 g/mol. The van der Waals surface area contributed by atoms with E-state index in [-0.39, 0.29) is 22.0 Å². The molecule has 0 bridgehead atoms. The molecule has 0 aromatic heterocycles. The van der Waals surface area contributed by atoms with Crippen molar-refractivity contribution in [2.24, 2.45) is 5.73 Å². The number of nitrogens with two attached hydrogens (primary N) is 1. The number of amidine groups is 1. The summed E-state index contributed by atoms with van der Waals surface area (Å²) in [6, 6.07) is 9.56. The first-order chi connectivity index (χ1) is 9.77. The number of rotatable bonds is 4. The quantitative estimate of drug-likeness (QED) is 0.669. The lowest BCUT2D eigenvalue weighted by molar-refractivity contribution is 0.442. The molecule has 3 N–H and O–H groups in total. The van der Waals surface area contributed by atoms with Crippen LogP contribution in [0.15, 0.2) is 47.4 Å². The van der Waals surface area contributed by atoms with Crippen LogP contribution in [-0.4, -0.2) is 20.5 Å². The van der Waals surface area contributed by atoms with Gasteiger partial charge in [0, 0.05) is 11.8 Å². The highest BCUT2D eigenvalue weighted by molar-refractivity contribution is 7.90. The van der Waals surface area contributed by atoms with Crippen LogP contribution in [0.4, 0.5) is 4.39 Å². The second kappa shape index (κ2) is 5.53. The van der Waals surface area contributed by atoms with Crippen LogP contribution in [0.1, 0.15) is 5.56 Å². The Morgan fingerprint density at radius 1 is 1.19 bits per heavy atom. The molecule has 21 heavy (non-hydrogen) atoms. The van der Waals surface area contributed by atoms with E-state index in [4.69, 9.17) is 15.9 Å². The van der Waals surface area contributed by atoms with E-state index in [1.54, 1.807) is 0 Å². The van der Waals surface area contributed by atoms with Crippen LogP contribution < -0.4 is 10.5 Å². The topological polar surface area (TPSA) is 93.2 Å². The summed E-state index contributed by atoms with van der Waals surface area (Å²) in [6.45, 7) is 0. The normalized spacial score (nSPS) is 11.1. The lowest BCUT2D eigenvalue weighted by atomic mass is 10.2. The predicted molar refractivity (Wildman–Crippen MR) is 77.0 cm³/mol. The molecule has 0 aliphatic heterocycles. The molecular formula is C14H13FN2O3S. The predicted octanol–water partition coefficient (Wildman–Crippen LogP) is 2.31. The highest BCUT2D eigenvalue weighted by Crippen LogP contribution is 2.26. The van der Waals surface area contributed by atoms with Crippen molar-refractivity contribution in [2.75, 3.05) is 6.26 Å². The summed E-state index contributed by atoms with van der Waals surface area (Å²) in [7, 11) is -3.28. The fraction of sp³-hybridized carbons (Fsp3) is 0.0714. The second-order valence-electron chi connectivity index (χ2n) is 4.40. The zero-order valence-corrected chi connectivity index (χ0v) is 11.9. The minimum absolute atomic E-state index is 0.0351. The zero-order chi connectivity index (χ0) is 15.6. The van der Waals surface area contributed by atoms with Crippen molar-refractivity contribution >= 4 is 15.7 Å². The average Bonchev–Trinajstić information content (AvgIpc) is 2.40. The van der Waals surface area contributed by atoms with Crippen molar-refractivity contribution in [3.63, 3.8) is 0 Å². The minimum atomic E-state index is -3.28. The van der Waals surface area contributed by atoms with Crippen LogP contribution in [-0.2, 0) is 9.84 Å². The highest BCUT2D eigenvalue weighted by atomic mass is 32.2. The van der Waals surface area contributed by atoms with Gasteiger partial charge in [0.1, 0.15) is 11.6 Å². The van der Waals surface area contributed by atoms with E-state index < -0.39 is 15.7 Å². The standard InChI is InChI=1S/C14H13FN2O3S/c1-21(18,19)11-5-3-10(4-6-11)20-13-7-2-9(14(16)17)8-12(13)15/h2-8H,1H3,(H3,16,17). The smallest absolute Gasteiger partial charge is 0.175 e. The van der Waals surface area contributed by atoms with E-state index >= 15 is 0 Å². The van der Waals surface area contributed by atoms with Gasteiger partial charge in [0.2, 0.25) is 0 Å². The summed E-state index contributed by atoms with van der Waals surface area (Å²) in [5, 5.41) is 7.22. The van der Waals surface area contributed by atoms with Gasteiger partial charge in [0.25, 0.3) is 0 Å². The van der Waals surface area contributed by atoms with Gasteiger partial charge in [-0.15, -0.1) is 0 Å². The number of nitrogen functional groups attached to an aromatic ring is 1. The fourth-order valence-corrected chi connectivity index (χ4v) is 2.26. The Morgan fingerprint density at radius 3 is 2.29 bits per heavy atom. The molecule has 0 unspecified atom stereocenters. The fourth-order valence-electron chi connectivity index (χ4n) is 1.63. The molecule has 0 aliphatic rings. The molecule has 0 saturated heterocycles. The Morgan fingerprint density at radius 2 is 1.81 bits per heavy atom. The molecule has 0 fully saturated rings. The number of benzene rings is 2. The minimum Gasteiger partial charge on any atom is -0.454 e. The van der Waals surface area contributed by atoms with Crippen LogP contribution in [0.5, 0.6) is 11.5 Å². The first kappa shape index (κ1) is 15.0. The van der Waals surface area contributed by atoms with Crippen LogP contribution in [0.25, 0.3) is 0 Å². The Balaban J connectivity index is 2.24. The number of ether oxygens (including phenoxy) is 1. The Kier molecular flexibility index (Phi) is 3.95. The summed E-state index contributed by atoms with van der Waals surface area (Å²) < 4.78 is 41.8. The van der Waals surface area contributed by atoms with Crippen LogP contribution in [0.2, 0.25) is 0 Å². The number of sulfone groups is 1. The van der Waals surface area contributed by atoms with Crippen LogP contribution in [0.3, 0.4) is 0 Å². The van der Waals surface area contributed by atoms with Crippen LogP contribution >= 0.6 is 0 Å². The lowest BCUT2D eigenvalue weighted by Gasteiger charge is -2.08. The van der Waals surface area contributed by atoms with Gasteiger partial charge in [0.05, 0.1) is 4.90 Å². The van der Waals surface area contributed by atoms with Gasteiger partial charge < -0.3 is 10.5 Å². The van der Waals surface area contributed by atoms with E-state index in [1.165, 1.54) is 36.4 Å². The highest BCUT2D eigenvalue weighted by Gasteiger charge is 2.09. The van der Waals surface area contributed by atoms with E-state index in [2.05, 4.69) is 0 Å². The van der Waals surface area contributed by atoms with Crippen molar-refractivity contribution in [2.45, 2.75) is 4.90 Å². The molecule has 0 atom stereocenters. The molecule has 0 amide bonds. The molecule has 7 heteroatoms. The Labute approximate surface area is 121 Å². The van der Waals surface area contributed by atoms with E-state index in [0.717, 1.165) is 12.3 Å². The van der Waals surface area contributed by atoms with Crippen molar-refractivity contribution in [3.8, 4) is 11.5 Å². The maximum absolute atomic E-state index is 13.8. The van der Waals surface area contributed by atoms with Gasteiger partial charge in [-0.2, -0.15) is 0 Å². The number of halogens is 1. The first-order valence-corrected chi connectivity index (χ1v) is 7.78. The van der Waals surface area contributed by atoms with Gasteiger partial charge in [0.15, 0.2) is 21.4 Å². The van der Waals surface area contributed by atoms with Gasteiger partial charge in [-0.25, -0.2) is 12.8 Å². The summed E-state index contributed by atoms with van der Waals surface area (Å²) in [4.78, 5) is 0.155. The van der Waals surface area contributed by atoms with Crippen molar-refractivity contribution in [1.82, 2.24) is 0 Å². The van der Waals surface area contributed by atoms with Gasteiger partial charge >= 0.3 is 0 Å². The largest absolute Gasteiger partial charge is 0.454 e. The zero-order valence-electron chi connectivity index (χ0n) is 11.1. The molecule has 2 rings (SSSR count). The third kappa shape index (κ3) is 3.57. The van der Waals surface area contributed by atoms with Crippen LogP contribution in [0, 0.1) is 11.2 Å². The maximum atomic E-state index is 13.8. The van der Waals surface area contributed by atoms with Gasteiger partial charge in [-0.1, -0.05) is 0 Å². The number of hydrogen-bond acceptors (Lipinski definition) is 4. The van der Waals surface area contributed by atoms with Gasteiger partial charge in [-0.05, 0) is 42.5 Å². The molecule has 0 aliphatic carbocycles. The first-order valence-electron chi connectivity index (χ1n) is 5.89. The molecule has 2 aromatic carbocycles. The van der Waals surface area contributed by atoms with Crippen molar-refractivity contribution in [3.05, 3.63) is 53.8 Å². The van der Waals surface area contributed by atoms with E-state index in [1.807, 2.05) is 0 Å². The summed E-state index contributed by atoms with van der Waals surface area (Å²) in [5.41, 5.74) is 5.52. The third-order valence-electron chi connectivity index (χ3n) is 2.72. The summed E-state index contributed by atoms with van der Waals surface area (Å²) in [5.74, 6) is -0.628. The van der Waals surface area contributed by atoms with Crippen molar-refractivity contribution in [1.29, 1.82) is 5.41 Å². The average molecular weight is 308 g/mol. The molecule has 0 saturated carbocycles. The molecule has 2 aromatic rings. The van der Waals surface area contributed by atoms with E-state index in [0.29, 0.717) is 5.75 Å². The molecule has 0 radical (unpaired) electrons. The lowest BCUT2D eigenvalue weighted by Crippen LogP contribution is -2.11. The molecule has 5 nitrogen and oxygen atoms in total. The summed E-state index contributed by atoms with van der Waals surface area (Å²) >= 11 is 0. The van der Waals surface area contributed by atoms with Crippen molar-refractivity contribution < 1.29 is 17.5 Å². The number of nitrogens with one attached hydrogen (secondary N) is 1. The summed E-state index contributed by atoms with van der Waals surface area (Å²) in [6.07, 6.45) is 1.10. The maximum Gasteiger partial charge on any atom is 0.175 e. The number of hydrogen-bond donors (Lipinski definition) is 2. The van der Waals surface area contributed by atoms with Gasteiger partial charge in [-0.3, -0.25) is 5.41 Å². The molecule has 0 spiro atoms. The Bertz CT molecular complexity index is 786. The third-order valence-corrected chi connectivity index (χ3v) is 3.85.